The molecular formula is C7H20O2Y. The van der Waals surface area contributed by atoms with Crippen LogP contribution in [0.5, 0.6) is 0 Å². The molecule has 1 radical (unpaired) electrons. The van der Waals surface area contributed by atoms with E-state index in [2.05, 4.69) is 0 Å². The smallest absolute Gasteiger partial charge is 0.0799 e. The first kappa shape index (κ1) is 22.5. The Kier molecular flexibility index (Phi) is 37.1. The van der Waals surface area contributed by atoms with Crippen molar-refractivity contribution in [1.29, 1.82) is 0 Å². The van der Waals surface area contributed by atoms with Crippen LogP contribution in [0.15, 0.2) is 0 Å². The quantitative estimate of drug-likeness (QED) is 0.791. The van der Waals surface area contributed by atoms with E-state index in [4.69, 9.17) is 9.84 Å². The first-order valence-corrected chi connectivity index (χ1v) is 2.48. The second-order valence-corrected chi connectivity index (χ2v) is 1.45. The summed E-state index contributed by atoms with van der Waals surface area (Å²) < 4.78 is 4.80. The molecule has 0 aliphatic rings. The van der Waals surface area contributed by atoms with Crippen LogP contribution in [0.2, 0.25) is 0 Å². The van der Waals surface area contributed by atoms with Gasteiger partial charge in [0.1, 0.15) is 0 Å². The van der Waals surface area contributed by atoms with Crippen LogP contribution in [0.25, 0.3) is 0 Å². The fourth-order valence-corrected chi connectivity index (χ4v) is 0.370. The second-order valence-electron chi connectivity index (χ2n) is 1.45. The van der Waals surface area contributed by atoms with E-state index in [1.807, 2.05) is 6.92 Å². The van der Waals surface area contributed by atoms with Gasteiger partial charge in [0.05, 0.1) is 12.7 Å². The van der Waals surface area contributed by atoms with Gasteiger partial charge in [0, 0.05) is 39.8 Å². The summed E-state index contributed by atoms with van der Waals surface area (Å²) in [5.41, 5.74) is 0. The summed E-state index contributed by atoms with van der Waals surface area (Å²) >= 11 is 0. The van der Waals surface area contributed by atoms with Gasteiger partial charge < -0.3 is 9.84 Å². The van der Waals surface area contributed by atoms with Crippen molar-refractivity contribution in [3.8, 4) is 0 Å². The molecule has 0 aliphatic carbocycles. The van der Waals surface area contributed by atoms with Crippen LogP contribution in [0, 0.1) is 0 Å². The molecule has 2 nitrogen and oxygen atoms in total. The van der Waals surface area contributed by atoms with Gasteiger partial charge in [0.25, 0.3) is 0 Å². The number of aliphatic hydroxyl groups excluding tert-OH is 1. The van der Waals surface area contributed by atoms with Crippen molar-refractivity contribution in [2.45, 2.75) is 34.3 Å². The Balaban J connectivity index is -0.0000000600. The van der Waals surface area contributed by atoms with Crippen LogP contribution in [-0.4, -0.2) is 24.9 Å². The van der Waals surface area contributed by atoms with Crippen molar-refractivity contribution >= 4 is 0 Å². The molecule has 0 bridgehead atoms. The molecule has 0 saturated heterocycles. The summed E-state index contributed by atoms with van der Waals surface area (Å²) in [6.07, 6.45) is 0.924. The number of rotatable bonds is 3. The number of aliphatic hydroxyl groups is 1. The molecule has 0 heterocycles. The van der Waals surface area contributed by atoms with Gasteiger partial charge in [0.15, 0.2) is 0 Å². The van der Waals surface area contributed by atoms with Crippen molar-refractivity contribution in [2.75, 3.05) is 13.7 Å². The molecule has 1 atom stereocenters. The summed E-state index contributed by atoms with van der Waals surface area (Å²) in [6, 6.07) is 0. The molecule has 63 valence electrons. The van der Waals surface area contributed by atoms with E-state index in [0.717, 1.165) is 6.42 Å². The van der Waals surface area contributed by atoms with E-state index in [0.29, 0.717) is 0 Å². The van der Waals surface area contributed by atoms with Gasteiger partial charge in [-0.05, 0) is 6.42 Å². The SMILES string of the molecule is C.C.CCC(CO)OC.[Y]. The van der Waals surface area contributed by atoms with Gasteiger partial charge in [-0.2, -0.15) is 0 Å². The fourth-order valence-electron chi connectivity index (χ4n) is 0.370. The maximum absolute atomic E-state index is 8.40. The first-order valence-electron chi connectivity index (χ1n) is 2.48. The molecule has 0 aromatic heterocycles. The normalized spacial score (nSPS) is 9.90. The summed E-state index contributed by atoms with van der Waals surface area (Å²) in [4.78, 5) is 0. The van der Waals surface area contributed by atoms with E-state index in [1.165, 1.54) is 0 Å². The Hall–Kier alpha value is 1.02. The minimum absolute atomic E-state index is 0. The fraction of sp³-hybridized carbons (Fsp3) is 1.00. The molecule has 0 fully saturated rings. The Labute approximate surface area is 90.2 Å². The topological polar surface area (TPSA) is 29.5 Å². The van der Waals surface area contributed by atoms with Crippen LogP contribution in [0.1, 0.15) is 28.2 Å². The van der Waals surface area contributed by atoms with E-state index in [1.54, 1.807) is 7.11 Å². The van der Waals surface area contributed by atoms with E-state index >= 15 is 0 Å². The van der Waals surface area contributed by atoms with Crippen molar-refractivity contribution in [1.82, 2.24) is 0 Å². The van der Waals surface area contributed by atoms with Gasteiger partial charge >= 0.3 is 0 Å². The minimum Gasteiger partial charge on any atom is -0.394 e. The predicted octanol–water partition coefficient (Wildman–Crippen LogP) is 1.67. The Bertz CT molecular complexity index is 33.1. The van der Waals surface area contributed by atoms with Crippen LogP contribution in [0.3, 0.4) is 0 Å². The average molecular weight is 225 g/mol. The van der Waals surface area contributed by atoms with Gasteiger partial charge in [-0.25, -0.2) is 0 Å². The van der Waals surface area contributed by atoms with Crippen LogP contribution < -0.4 is 0 Å². The third-order valence-corrected chi connectivity index (χ3v) is 0.992. The van der Waals surface area contributed by atoms with Crippen molar-refractivity contribution < 1.29 is 42.6 Å². The largest absolute Gasteiger partial charge is 0.394 e. The summed E-state index contributed by atoms with van der Waals surface area (Å²) in [5, 5.41) is 8.40. The van der Waals surface area contributed by atoms with Crippen LogP contribution in [0.4, 0.5) is 0 Å². The van der Waals surface area contributed by atoms with E-state index in [-0.39, 0.29) is 60.3 Å². The van der Waals surface area contributed by atoms with Gasteiger partial charge in [0.2, 0.25) is 0 Å². The van der Waals surface area contributed by atoms with Crippen LogP contribution in [-0.2, 0) is 37.4 Å². The van der Waals surface area contributed by atoms with Crippen LogP contribution >= 0.6 is 0 Å². The molecule has 0 rings (SSSR count). The van der Waals surface area contributed by atoms with E-state index in [9.17, 15) is 0 Å². The minimum atomic E-state index is 0. The first-order chi connectivity index (χ1) is 3.35. The Morgan fingerprint density at radius 1 is 1.40 bits per heavy atom. The zero-order valence-electron chi connectivity index (χ0n) is 5.42. The summed E-state index contributed by atoms with van der Waals surface area (Å²) in [6.45, 7) is 2.11. The molecule has 0 aromatic rings. The van der Waals surface area contributed by atoms with Gasteiger partial charge in [-0.3, -0.25) is 0 Å². The van der Waals surface area contributed by atoms with Gasteiger partial charge in [-0.1, -0.05) is 21.8 Å². The molecule has 0 aromatic carbocycles. The zero-order valence-corrected chi connectivity index (χ0v) is 8.26. The number of methoxy groups -OCH3 is 1. The Morgan fingerprint density at radius 3 is 1.80 bits per heavy atom. The summed E-state index contributed by atoms with van der Waals surface area (Å²) in [7, 11) is 1.60. The number of hydrogen-bond donors (Lipinski definition) is 1. The standard InChI is InChI=1S/C5H12O2.2CH4.Y/c1-3-5(4-6)7-2;;;/h5-6H,3-4H2,1-2H3;2*1H4;. The van der Waals surface area contributed by atoms with E-state index < -0.39 is 0 Å². The molecule has 0 aliphatic heterocycles. The molecule has 0 saturated carbocycles. The van der Waals surface area contributed by atoms with Crippen molar-refractivity contribution in [3.05, 3.63) is 0 Å². The Morgan fingerprint density at radius 2 is 1.80 bits per heavy atom. The third-order valence-electron chi connectivity index (χ3n) is 0.992. The number of ether oxygens (including phenoxy) is 1. The monoisotopic (exact) mass is 225 g/mol. The average Bonchev–Trinajstić information content (AvgIpc) is 1.72. The molecular weight excluding hydrogens is 205 g/mol. The van der Waals surface area contributed by atoms with Gasteiger partial charge in [-0.15, -0.1) is 0 Å². The molecule has 10 heavy (non-hydrogen) atoms. The second kappa shape index (κ2) is 16.5. The van der Waals surface area contributed by atoms with Crippen molar-refractivity contribution in [3.63, 3.8) is 0 Å². The molecule has 0 amide bonds. The van der Waals surface area contributed by atoms with Crippen molar-refractivity contribution in [2.24, 2.45) is 0 Å². The zero-order chi connectivity index (χ0) is 5.70. The third kappa shape index (κ3) is 11.8. The predicted molar refractivity (Wildman–Crippen MR) is 41.6 cm³/mol. The maximum Gasteiger partial charge on any atom is 0.0799 e. The molecule has 1 N–H and O–H groups in total. The number of hydrogen-bond acceptors (Lipinski definition) is 2. The molecule has 3 heteroatoms. The molecule has 0 spiro atoms. The summed E-state index contributed by atoms with van der Waals surface area (Å²) in [5.74, 6) is 0. The molecule has 1 unspecified atom stereocenters. The maximum atomic E-state index is 8.40.